The van der Waals surface area contributed by atoms with Crippen LogP contribution < -0.4 is 10.6 Å². The van der Waals surface area contributed by atoms with Gasteiger partial charge in [0.1, 0.15) is 23.4 Å². The largest absolute Gasteiger partial charge is 0.508 e. The Morgan fingerprint density at radius 3 is 2.29 bits per heavy atom. The molecule has 1 aromatic rings. The lowest BCUT2D eigenvalue weighted by Gasteiger charge is -2.35. The number of carbonyl (C=O) groups excluding carboxylic acids is 3. The van der Waals surface area contributed by atoms with Gasteiger partial charge in [0.05, 0.1) is 0 Å². The first-order chi connectivity index (χ1) is 15.9. The molecular weight excluding hydrogens is 434 g/mol. The molecule has 8 nitrogen and oxygen atoms in total. The van der Waals surface area contributed by atoms with E-state index in [9.17, 15) is 19.5 Å². The zero-order chi connectivity index (χ0) is 25.9. The molecule has 0 heterocycles. The Hall–Kier alpha value is -3.03. The van der Waals surface area contributed by atoms with Gasteiger partial charge in [-0.2, -0.15) is 0 Å². The third kappa shape index (κ3) is 9.08. The van der Waals surface area contributed by atoms with E-state index in [1.807, 2.05) is 20.8 Å². The Bertz CT molecular complexity index is 817. The van der Waals surface area contributed by atoms with E-state index < -0.39 is 29.7 Å². The van der Waals surface area contributed by atoms with Crippen molar-refractivity contribution < 1.29 is 24.2 Å². The van der Waals surface area contributed by atoms with Gasteiger partial charge in [-0.3, -0.25) is 9.59 Å². The minimum absolute atomic E-state index is 0.0552. The Kier molecular flexibility index (Phi) is 11.6. The van der Waals surface area contributed by atoms with Crippen LogP contribution in [-0.4, -0.2) is 52.6 Å². The smallest absolute Gasteiger partial charge is 0.408 e. The summed E-state index contributed by atoms with van der Waals surface area (Å²) in [5.41, 5.74) is -0.177. The monoisotopic (exact) mass is 475 g/mol. The Labute approximate surface area is 203 Å². The molecule has 3 unspecified atom stereocenters. The quantitative estimate of drug-likeness (QED) is 0.308. The number of amides is 3. The number of phenolic OH excluding ortho intramolecular Hbond substituents is 1. The number of phenols is 1. The highest BCUT2D eigenvalue weighted by atomic mass is 16.6. The number of ether oxygens (including phenoxy) is 1. The summed E-state index contributed by atoms with van der Waals surface area (Å²) in [6, 6.07) is 4.31. The van der Waals surface area contributed by atoms with Crippen LogP contribution in [0, 0.1) is 5.92 Å². The number of rotatable bonds is 12. The molecule has 0 radical (unpaired) electrons. The third-order valence-corrected chi connectivity index (χ3v) is 5.36. The number of hydrogen-bond donors (Lipinski definition) is 3. The summed E-state index contributed by atoms with van der Waals surface area (Å²) in [6.45, 7) is 15.4. The summed E-state index contributed by atoms with van der Waals surface area (Å²) in [5.74, 6) is -0.908. The number of nitrogens with zero attached hydrogens (tertiary/aromatic N) is 1. The maximum Gasteiger partial charge on any atom is 0.408 e. The number of unbranched alkanes of at least 4 members (excludes halogenated alkanes) is 1. The van der Waals surface area contributed by atoms with Gasteiger partial charge in [-0.05, 0) is 50.8 Å². The molecule has 0 saturated heterocycles. The van der Waals surface area contributed by atoms with Crippen LogP contribution in [0.1, 0.15) is 72.4 Å². The fourth-order valence-electron chi connectivity index (χ4n) is 3.37. The van der Waals surface area contributed by atoms with Gasteiger partial charge in [0.2, 0.25) is 11.8 Å². The van der Waals surface area contributed by atoms with E-state index in [2.05, 4.69) is 17.2 Å². The van der Waals surface area contributed by atoms with Crippen LogP contribution in [0.3, 0.4) is 0 Å². The van der Waals surface area contributed by atoms with Crippen molar-refractivity contribution in [1.82, 2.24) is 15.5 Å². The van der Waals surface area contributed by atoms with Gasteiger partial charge in [-0.25, -0.2) is 4.79 Å². The molecule has 0 bridgehead atoms. The Morgan fingerprint density at radius 2 is 1.79 bits per heavy atom. The fraction of sp³-hybridized carbons (Fsp3) is 0.577. The zero-order valence-corrected chi connectivity index (χ0v) is 21.4. The Morgan fingerprint density at radius 1 is 1.18 bits per heavy atom. The number of hydrogen-bond acceptors (Lipinski definition) is 5. The van der Waals surface area contributed by atoms with E-state index in [0.717, 1.165) is 12.8 Å². The number of benzene rings is 1. The average molecular weight is 476 g/mol. The van der Waals surface area contributed by atoms with Crippen LogP contribution in [0.25, 0.3) is 0 Å². The van der Waals surface area contributed by atoms with Gasteiger partial charge in [0.15, 0.2) is 0 Å². The molecule has 190 valence electrons. The molecule has 0 aromatic heterocycles. The van der Waals surface area contributed by atoms with Crippen molar-refractivity contribution in [3.63, 3.8) is 0 Å². The van der Waals surface area contributed by atoms with Gasteiger partial charge < -0.3 is 25.4 Å². The molecule has 1 rings (SSSR count). The van der Waals surface area contributed by atoms with Crippen LogP contribution in [0.2, 0.25) is 0 Å². The van der Waals surface area contributed by atoms with Crippen molar-refractivity contribution in [2.45, 2.75) is 78.5 Å². The molecule has 0 spiro atoms. The zero-order valence-electron chi connectivity index (χ0n) is 21.4. The van der Waals surface area contributed by atoms with Crippen molar-refractivity contribution >= 4 is 17.9 Å². The number of alkyl carbamates (subject to hydrolysis) is 1. The second-order valence-corrected chi connectivity index (χ2v) is 9.43. The summed E-state index contributed by atoms with van der Waals surface area (Å²) >= 11 is 0. The van der Waals surface area contributed by atoms with Crippen molar-refractivity contribution in [3.05, 3.63) is 42.5 Å². The number of carbonyl (C=O) groups is 3. The first kappa shape index (κ1) is 29.0. The van der Waals surface area contributed by atoms with E-state index in [-0.39, 0.29) is 24.1 Å². The number of nitrogens with one attached hydrogen (secondary N) is 2. The topological polar surface area (TPSA) is 108 Å². The summed E-state index contributed by atoms with van der Waals surface area (Å²) in [6.07, 6.45) is 3.19. The lowest BCUT2D eigenvalue weighted by atomic mass is 9.95. The Balaban J connectivity index is 3.39. The maximum atomic E-state index is 13.8. The fourth-order valence-corrected chi connectivity index (χ4v) is 3.37. The predicted octanol–water partition coefficient (Wildman–Crippen LogP) is 4.30. The van der Waals surface area contributed by atoms with Crippen LogP contribution in [-0.2, 0) is 14.3 Å². The highest BCUT2D eigenvalue weighted by Gasteiger charge is 2.37. The molecule has 1 aromatic carbocycles. The van der Waals surface area contributed by atoms with Crippen molar-refractivity contribution in [3.8, 4) is 5.75 Å². The molecule has 3 amide bonds. The molecular formula is C26H41N3O5. The van der Waals surface area contributed by atoms with E-state index in [4.69, 9.17) is 4.74 Å². The third-order valence-electron chi connectivity index (χ3n) is 5.36. The molecule has 34 heavy (non-hydrogen) atoms. The molecule has 0 aliphatic rings. The van der Waals surface area contributed by atoms with Crippen molar-refractivity contribution in [2.24, 2.45) is 5.92 Å². The van der Waals surface area contributed by atoms with E-state index >= 15 is 0 Å². The summed E-state index contributed by atoms with van der Waals surface area (Å²) in [7, 11) is 0. The average Bonchev–Trinajstić information content (AvgIpc) is 2.76. The van der Waals surface area contributed by atoms with Gasteiger partial charge >= 0.3 is 6.09 Å². The normalized spacial score (nSPS) is 13.8. The lowest BCUT2D eigenvalue weighted by molar-refractivity contribution is -0.142. The predicted molar refractivity (Wildman–Crippen MR) is 133 cm³/mol. The van der Waals surface area contributed by atoms with Crippen molar-refractivity contribution in [2.75, 3.05) is 13.1 Å². The van der Waals surface area contributed by atoms with Gasteiger partial charge in [0, 0.05) is 13.1 Å². The van der Waals surface area contributed by atoms with E-state index in [1.165, 1.54) is 17.0 Å². The minimum Gasteiger partial charge on any atom is -0.508 e. The second-order valence-electron chi connectivity index (χ2n) is 9.43. The summed E-state index contributed by atoms with van der Waals surface area (Å²) < 4.78 is 5.38. The molecule has 0 aliphatic heterocycles. The first-order valence-electron chi connectivity index (χ1n) is 11.9. The minimum atomic E-state index is -0.963. The molecule has 3 N–H and O–H groups in total. The summed E-state index contributed by atoms with van der Waals surface area (Å²) in [5, 5.41) is 15.3. The standard InChI is InChI=1S/C26H41N3O5/c1-8-11-16-27-23(31)22(19-12-14-20(30)15-13-19)29(17-9-2)24(32)21(18(4)10-3)28-25(33)34-26(5,6)7/h9,12-15,18,21-22,30H,2,8,10-11,16-17H2,1,3-7H3,(H,27,31)(H,28,33). The highest BCUT2D eigenvalue weighted by Crippen LogP contribution is 2.26. The van der Waals surface area contributed by atoms with Gasteiger partial charge in [0.25, 0.3) is 0 Å². The molecule has 8 heteroatoms. The molecule has 3 atom stereocenters. The molecule has 0 aliphatic carbocycles. The number of aromatic hydroxyl groups is 1. The van der Waals surface area contributed by atoms with E-state index in [0.29, 0.717) is 18.5 Å². The van der Waals surface area contributed by atoms with Crippen LogP contribution >= 0.6 is 0 Å². The van der Waals surface area contributed by atoms with Crippen LogP contribution in [0.4, 0.5) is 4.79 Å². The van der Waals surface area contributed by atoms with Crippen LogP contribution in [0.15, 0.2) is 36.9 Å². The van der Waals surface area contributed by atoms with E-state index in [1.54, 1.807) is 39.0 Å². The lowest BCUT2D eigenvalue weighted by Crippen LogP contribution is -2.55. The van der Waals surface area contributed by atoms with Gasteiger partial charge in [-0.1, -0.05) is 51.8 Å². The maximum absolute atomic E-state index is 13.8. The van der Waals surface area contributed by atoms with Crippen molar-refractivity contribution in [1.29, 1.82) is 0 Å². The molecule has 0 saturated carbocycles. The SMILES string of the molecule is C=CCN(C(=O)C(NC(=O)OC(C)(C)C)C(C)CC)C(C(=O)NCCCC)c1ccc(O)cc1. The first-order valence-corrected chi connectivity index (χ1v) is 11.9. The van der Waals surface area contributed by atoms with Gasteiger partial charge in [-0.15, -0.1) is 6.58 Å². The molecule has 0 fully saturated rings. The van der Waals surface area contributed by atoms with Crippen LogP contribution in [0.5, 0.6) is 5.75 Å². The highest BCUT2D eigenvalue weighted by molar-refractivity contribution is 5.92. The summed E-state index contributed by atoms with van der Waals surface area (Å²) in [4.78, 5) is 41.1. The second kappa shape index (κ2) is 13.6.